The molecule has 22 heavy (non-hydrogen) atoms. The van der Waals surface area contributed by atoms with Crippen molar-refractivity contribution in [2.24, 2.45) is 0 Å². The second-order valence-electron chi connectivity index (χ2n) is 6.44. The van der Waals surface area contributed by atoms with Crippen molar-refractivity contribution >= 4 is 11.8 Å². The van der Waals surface area contributed by atoms with Crippen LogP contribution in [0.25, 0.3) is 0 Å². The van der Waals surface area contributed by atoms with E-state index in [0.29, 0.717) is 13.1 Å². The SMILES string of the molecule is CC(C)(C)OC(=O)N1CCC(c2ccc([N+](=O)[O-])cn2)CC1. The predicted octanol–water partition coefficient (Wildman–Crippen LogP) is 3.10. The van der Waals surface area contributed by atoms with Crippen LogP contribution in [0.5, 0.6) is 0 Å². The molecule has 2 heterocycles. The Labute approximate surface area is 129 Å². The van der Waals surface area contributed by atoms with Crippen molar-refractivity contribution in [1.29, 1.82) is 0 Å². The highest BCUT2D eigenvalue weighted by Crippen LogP contribution is 2.28. The molecule has 0 aromatic carbocycles. The number of carbonyl (C=O) groups is 1. The lowest BCUT2D eigenvalue weighted by Crippen LogP contribution is -2.41. The summed E-state index contributed by atoms with van der Waals surface area (Å²) in [6.07, 6.45) is 2.56. The summed E-state index contributed by atoms with van der Waals surface area (Å²) in [7, 11) is 0. The third-order valence-electron chi connectivity index (χ3n) is 3.55. The molecule has 0 unspecified atom stereocenters. The van der Waals surface area contributed by atoms with Gasteiger partial charge in [-0.05, 0) is 39.7 Å². The molecule has 2 rings (SSSR count). The first kappa shape index (κ1) is 16.2. The Kier molecular flexibility index (Phi) is 4.63. The summed E-state index contributed by atoms with van der Waals surface area (Å²) >= 11 is 0. The molecule has 0 spiro atoms. The quantitative estimate of drug-likeness (QED) is 0.619. The highest BCUT2D eigenvalue weighted by molar-refractivity contribution is 5.68. The Hall–Kier alpha value is -2.18. The summed E-state index contributed by atoms with van der Waals surface area (Å²) in [6.45, 7) is 6.76. The summed E-state index contributed by atoms with van der Waals surface area (Å²) in [5.41, 5.74) is 0.345. The molecule has 7 heteroatoms. The van der Waals surface area contributed by atoms with Crippen molar-refractivity contribution in [2.75, 3.05) is 13.1 Å². The summed E-state index contributed by atoms with van der Waals surface area (Å²) in [5, 5.41) is 10.6. The molecule has 1 saturated heterocycles. The number of carbonyl (C=O) groups excluding carboxylic acids is 1. The van der Waals surface area contributed by atoms with Crippen molar-refractivity contribution in [3.05, 3.63) is 34.1 Å². The second kappa shape index (κ2) is 6.29. The number of rotatable bonds is 2. The first-order valence-corrected chi connectivity index (χ1v) is 7.34. The van der Waals surface area contributed by atoms with Crippen LogP contribution < -0.4 is 0 Å². The molecule has 0 atom stereocenters. The van der Waals surface area contributed by atoms with Crippen molar-refractivity contribution in [3.8, 4) is 0 Å². The standard InChI is InChI=1S/C15H21N3O4/c1-15(2,3)22-14(19)17-8-6-11(7-9-17)13-5-4-12(10-16-13)18(20)21/h4-5,10-11H,6-9H2,1-3H3. The lowest BCUT2D eigenvalue weighted by atomic mass is 9.93. The predicted molar refractivity (Wildman–Crippen MR) is 80.7 cm³/mol. The minimum absolute atomic E-state index is 0.00468. The fourth-order valence-electron chi connectivity index (χ4n) is 2.43. The molecule has 120 valence electrons. The number of likely N-dealkylation sites (tertiary alicyclic amines) is 1. The van der Waals surface area contributed by atoms with Gasteiger partial charge in [-0.25, -0.2) is 4.79 Å². The van der Waals surface area contributed by atoms with Gasteiger partial charge in [0.2, 0.25) is 0 Å². The Morgan fingerprint density at radius 2 is 2.00 bits per heavy atom. The number of pyridine rings is 1. The summed E-state index contributed by atoms with van der Waals surface area (Å²) in [4.78, 5) is 28.0. The monoisotopic (exact) mass is 307 g/mol. The molecule has 1 aliphatic heterocycles. The van der Waals surface area contributed by atoms with Crippen LogP contribution in [0.3, 0.4) is 0 Å². The highest BCUT2D eigenvalue weighted by Gasteiger charge is 2.28. The van der Waals surface area contributed by atoms with Gasteiger partial charge in [-0.2, -0.15) is 0 Å². The van der Waals surface area contributed by atoms with Gasteiger partial charge in [0.15, 0.2) is 0 Å². The van der Waals surface area contributed by atoms with Crippen LogP contribution in [0.2, 0.25) is 0 Å². The summed E-state index contributed by atoms with van der Waals surface area (Å²) in [5.74, 6) is 0.222. The maximum atomic E-state index is 12.0. The fourth-order valence-corrected chi connectivity index (χ4v) is 2.43. The van der Waals surface area contributed by atoms with E-state index in [-0.39, 0.29) is 17.7 Å². The van der Waals surface area contributed by atoms with Gasteiger partial charge < -0.3 is 9.64 Å². The van der Waals surface area contributed by atoms with Crippen molar-refractivity contribution < 1.29 is 14.5 Å². The smallest absolute Gasteiger partial charge is 0.410 e. The molecular weight excluding hydrogens is 286 g/mol. The van der Waals surface area contributed by atoms with E-state index in [1.807, 2.05) is 20.8 Å². The summed E-state index contributed by atoms with van der Waals surface area (Å²) < 4.78 is 5.36. The van der Waals surface area contributed by atoms with Crippen LogP contribution in [0.15, 0.2) is 18.3 Å². The number of hydrogen-bond acceptors (Lipinski definition) is 5. The molecule has 1 fully saturated rings. The third-order valence-corrected chi connectivity index (χ3v) is 3.55. The molecule has 1 aromatic heterocycles. The topological polar surface area (TPSA) is 85.6 Å². The number of nitro groups is 1. The second-order valence-corrected chi connectivity index (χ2v) is 6.44. The normalized spacial score (nSPS) is 16.4. The fraction of sp³-hybridized carbons (Fsp3) is 0.600. The number of hydrogen-bond donors (Lipinski definition) is 0. The molecule has 0 aliphatic carbocycles. The Bertz CT molecular complexity index is 543. The van der Waals surface area contributed by atoms with E-state index in [9.17, 15) is 14.9 Å². The molecule has 1 amide bonds. The van der Waals surface area contributed by atoms with Crippen LogP contribution in [-0.2, 0) is 4.74 Å². The molecule has 1 aliphatic rings. The van der Waals surface area contributed by atoms with Gasteiger partial charge in [-0.1, -0.05) is 0 Å². The molecular formula is C15H21N3O4. The first-order chi connectivity index (χ1) is 10.3. The minimum atomic E-state index is -0.492. The average molecular weight is 307 g/mol. The van der Waals surface area contributed by atoms with Crippen LogP contribution in [0.4, 0.5) is 10.5 Å². The zero-order valence-corrected chi connectivity index (χ0v) is 13.1. The summed E-state index contributed by atoms with van der Waals surface area (Å²) in [6, 6.07) is 3.18. The van der Waals surface area contributed by atoms with Gasteiger partial charge in [-0.15, -0.1) is 0 Å². The van der Waals surface area contributed by atoms with E-state index in [4.69, 9.17) is 4.74 Å². The van der Waals surface area contributed by atoms with Gasteiger partial charge in [-0.3, -0.25) is 15.1 Å². The number of amides is 1. The highest BCUT2D eigenvalue weighted by atomic mass is 16.6. The number of aromatic nitrogens is 1. The lowest BCUT2D eigenvalue weighted by Gasteiger charge is -2.33. The van der Waals surface area contributed by atoms with E-state index >= 15 is 0 Å². The van der Waals surface area contributed by atoms with Gasteiger partial charge in [0, 0.05) is 30.8 Å². The van der Waals surface area contributed by atoms with Crippen LogP contribution in [-0.4, -0.2) is 39.6 Å². The molecule has 1 aromatic rings. The van der Waals surface area contributed by atoms with E-state index in [1.54, 1.807) is 11.0 Å². The van der Waals surface area contributed by atoms with Crippen molar-refractivity contribution in [1.82, 2.24) is 9.88 Å². The van der Waals surface area contributed by atoms with Gasteiger partial charge in [0.1, 0.15) is 11.8 Å². The molecule has 0 N–H and O–H groups in total. The Morgan fingerprint density at radius 3 is 2.45 bits per heavy atom. The zero-order valence-electron chi connectivity index (χ0n) is 13.1. The number of nitrogens with zero attached hydrogens (tertiary/aromatic N) is 3. The lowest BCUT2D eigenvalue weighted by molar-refractivity contribution is -0.385. The largest absolute Gasteiger partial charge is 0.444 e. The van der Waals surface area contributed by atoms with Crippen molar-refractivity contribution in [3.63, 3.8) is 0 Å². The maximum absolute atomic E-state index is 12.0. The van der Waals surface area contributed by atoms with Crippen LogP contribution >= 0.6 is 0 Å². The Balaban J connectivity index is 1.91. The molecule has 0 bridgehead atoms. The van der Waals surface area contributed by atoms with E-state index in [1.165, 1.54) is 12.3 Å². The van der Waals surface area contributed by atoms with Crippen LogP contribution in [0, 0.1) is 10.1 Å². The molecule has 7 nitrogen and oxygen atoms in total. The van der Waals surface area contributed by atoms with Crippen molar-refractivity contribution in [2.45, 2.75) is 45.1 Å². The van der Waals surface area contributed by atoms with Crippen LogP contribution in [0.1, 0.15) is 45.2 Å². The van der Waals surface area contributed by atoms with Gasteiger partial charge in [0.25, 0.3) is 5.69 Å². The van der Waals surface area contributed by atoms with Gasteiger partial charge in [0.05, 0.1) is 4.92 Å². The molecule has 0 radical (unpaired) electrons. The van der Waals surface area contributed by atoms with E-state index in [0.717, 1.165) is 18.5 Å². The van der Waals surface area contributed by atoms with E-state index < -0.39 is 10.5 Å². The average Bonchev–Trinajstić information content (AvgIpc) is 2.46. The first-order valence-electron chi connectivity index (χ1n) is 7.34. The third kappa shape index (κ3) is 4.16. The zero-order chi connectivity index (χ0) is 16.3. The number of piperidine rings is 1. The Morgan fingerprint density at radius 1 is 1.36 bits per heavy atom. The molecule has 0 saturated carbocycles. The maximum Gasteiger partial charge on any atom is 0.410 e. The number of ether oxygens (including phenoxy) is 1. The minimum Gasteiger partial charge on any atom is -0.444 e. The van der Waals surface area contributed by atoms with E-state index in [2.05, 4.69) is 4.98 Å². The van der Waals surface area contributed by atoms with Gasteiger partial charge >= 0.3 is 6.09 Å².